The predicted octanol–water partition coefficient (Wildman–Crippen LogP) is 1.30. The highest BCUT2D eigenvalue weighted by Crippen LogP contribution is 2.21. The first-order valence-corrected chi connectivity index (χ1v) is 11.2. The summed E-state index contributed by atoms with van der Waals surface area (Å²) in [6.45, 7) is 5.94. The first kappa shape index (κ1) is 21.7. The fourth-order valence-corrected chi connectivity index (χ4v) is 4.61. The van der Waals surface area contributed by atoms with Gasteiger partial charge in [0.1, 0.15) is 5.82 Å². The van der Waals surface area contributed by atoms with Crippen LogP contribution in [0.5, 0.6) is 0 Å². The van der Waals surface area contributed by atoms with Crippen LogP contribution in [-0.4, -0.2) is 62.2 Å². The molecule has 1 saturated heterocycles. The van der Waals surface area contributed by atoms with Crippen molar-refractivity contribution in [3.05, 3.63) is 48.2 Å². The maximum atomic E-state index is 12.8. The molecule has 1 aliphatic rings. The Labute approximate surface area is 176 Å². The van der Waals surface area contributed by atoms with Crippen LogP contribution < -0.4 is 15.5 Å². The van der Waals surface area contributed by atoms with E-state index in [-0.39, 0.29) is 36.3 Å². The maximum absolute atomic E-state index is 12.8. The standard InChI is InChI=1S/C20H25N5O4S/c1-3-24(4-2)18-9-8-15(13-22-18)20(27)23-16-6-5-7-17(12-16)30(28,29)25-11-10-21-19(26)14-25/h5-9,12-13H,3-4,10-11,14H2,1-2H3,(H,21,26)(H,23,27). The fourth-order valence-electron chi connectivity index (χ4n) is 3.16. The topological polar surface area (TPSA) is 112 Å². The van der Waals surface area contributed by atoms with E-state index in [0.29, 0.717) is 11.3 Å². The second-order valence-electron chi connectivity index (χ2n) is 6.75. The number of rotatable bonds is 7. The van der Waals surface area contributed by atoms with Gasteiger partial charge >= 0.3 is 0 Å². The Balaban J connectivity index is 1.75. The molecule has 1 fully saturated rings. The molecule has 2 aromatic rings. The molecule has 1 aromatic carbocycles. The zero-order chi connectivity index (χ0) is 21.7. The number of nitrogens with zero attached hydrogens (tertiary/aromatic N) is 3. The summed E-state index contributed by atoms with van der Waals surface area (Å²) >= 11 is 0. The van der Waals surface area contributed by atoms with Crippen molar-refractivity contribution in [3.8, 4) is 0 Å². The van der Waals surface area contributed by atoms with Crippen molar-refractivity contribution in [1.29, 1.82) is 0 Å². The molecule has 2 amide bonds. The predicted molar refractivity (Wildman–Crippen MR) is 114 cm³/mol. The zero-order valence-electron chi connectivity index (χ0n) is 17.0. The van der Waals surface area contributed by atoms with Crippen LogP contribution in [0.15, 0.2) is 47.5 Å². The summed E-state index contributed by atoms with van der Waals surface area (Å²) in [4.78, 5) is 30.5. The number of amides is 2. The Bertz CT molecular complexity index is 1020. The van der Waals surface area contributed by atoms with E-state index in [2.05, 4.69) is 20.5 Å². The number of aromatic nitrogens is 1. The summed E-state index contributed by atoms with van der Waals surface area (Å²) in [5.74, 6) is 0.0608. The van der Waals surface area contributed by atoms with Crippen LogP contribution in [0.4, 0.5) is 11.5 Å². The Kier molecular flexibility index (Phi) is 6.68. The maximum Gasteiger partial charge on any atom is 0.257 e. The lowest BCUT2D eigenvalue weighted by Crippen LogP contribution is -2.49. The molecule has 160 valence electrons. The summed E-state index contributed by atoms with van der Waals surface area (Å²) in [5.41, 5.74) is 0.710. The van der Waals surface area contributed by atoms with Crippen molar-refractivity contribution >= 4 is 33.3 Å². The van der Waals surface area contributed by atoms with E-state index < -0.39 is 10.0 Å². The molecule has 0 radical (unpaired) electrons. The molecule has 0 spiro atoms. The minimum absolute atomic E-state index is 0.0185. The van der Waals surface area contributed by atoms with E-state index in [1.54, 1.807) is 24.3 Å². The third kappa shape index (κ3) is 4.77. The summed E-state index contributed by atoms with van der Waals surface area (Å²) in [6, 6.07) is 9.45. The van der Waals surface area contributed by atoms with Crippen molar-refractivity contribution in [1.82, 2.24) is 14.6 Å². The second kappa shape index (κ2) is 9.23. The zero-order valence-corrected chi connectivity index (χ0v) is 17.8. The highest BCUT2D eigenvalue weighted by molar-refractivity contribution is 7.89. The minimum atomic E-state index is -3.84. The first-order chi connectivity index (χ1) is 14.3. The number of sulfonamides is 1. The van der Waals surface area contributed by atoms with Crippen LogP contribution >= 0.6 is 0 Å². The molecular formula is C20H25N5O4S. The number of hydrogen-bond acceptors (Lipinski definition) is 6. The molecule has 1 aromatic heterocycles. The fraction of sp³-hybridized carbons (Fsp3) is 0.350. The van der Waals surface area contributed by atoms with Crippen molar-refractivity contribution in [3.63, 3.8) is 0 Å². The molecule has 0 unspecified atom stereocenters. The lowest BCUT2D eigenvalue weighted by molar-refractivity contribution is -0.122. The summed E-state index contributed by atoms with van der Waals surface area (Å²) < 4.78 is 26.8. The smallest absolute Gasteiger partial charge is 0.257 e. The number of nitrogens with one attached hydrogen (secondary N) is 2. The molecule has 10 heteroatoms. The molecule has 0 bridgehead atoms. The number of piperazine rings is 1. The molecule has 2 N–H and O–H groups in total. The highest BCUT2D eigenvalue weighted by atomic mass is 32.2. The molecule has 30 heavy (non-hydrogen) atoms. The van der Waals surface area contributed by atoms with Gasteiger partial charge in [-0.25, -0.2) is 13.4 Å². The van der Waals surface area contributed by atoms with Crippen molar-refractivity contribution in [2.75, 3.05) is 42.9 Å². The number of carbonyl (C=O) groups excluding carboxylic acids is 2. The van der Waals surface area contributed by atoms with Crippen molar-refractivity contribution < 1.29 is 18.0 Å². The summed E-state index contributed by atoms with van der Waals surface area (Å²) in [5, 5.41) is 5.30. The average Bonchev–Trinajstić information content (AvgIpc) is 2.75. The largest absolute Gasteiger partial charge is 0.357 e. The molecule has 3 rings (SSSR count). The van der Waals surface area contributed by atoms with Crippen molar-refractivity contribution in [2.24, 2.45) is 0 Å². The molecule has 1 aliphatic heterocycles. The van der Waals surface area contributed by atoms with Gasteiger partial charge in [0.2, 0.25) is 15.9 Å². The van der Waals surface area contributed by atoms with Gasteiger partial charge in [-0.2, -0.15) is 4.31 Å². The van der Waals surface area contributed by atoms with E-state index in [9.17, 15) is 18.0 Å². The van der Waals surface area contributed by atoms with Gasteiger partial charge in [-0.1, -0.05) is 6.07 Å². The van der Waals surface area contributed by atoms with E-state index in [4.69, 9.17) is 0 Å². The Hall–Kier alpha value is -2.98. The van der Waals surface area contributed by atoms with Gasteiger partial charge in [0.25, 0.3) is 5.91 Å². The number of carbonyl (C=O) groups is 2. The molecule has 9 nitrogen and oxygen atoms in total. The van der Waals surface area contributed by atoms with Crippen LogP contribution in [0.1, 0.15) is 24.2 Å². The quantitative estimate of drug-likeness (QED) is 0.684. The highest BCUT2D eigenvalue weighted by Gasteiger charge is 2.29. The molecular weight excluding hydrogens is 406 g/mol. The lowest BCUT2D eigenvalue weighted by Gasteiger charge is -2.26. The van der Waals surface area contributed by atoms with Gasteiger partial charge in [-0.3, -0.25) is 9.59 Å². The van der Waals surface area contributed by atoms with E-state index >= 15 is 0 Å². The molecule has 0 atom stereocenters. The van der Waals surface area contributed by atoms with E-state index in [0.717, 1.165) is 23.2 Å². The molecule has 0 saturated carbocycles. The Morgan fingerprint density at radius 1 is 1.23 bits per heavy atom. The van der Waals surface area contributed by atoms with Crippen LogP contribution in [0.25, 0.3) is 0 Å². The minimum Gasteiger partial charge on any atom is -0.357 e. The third-order valence-corrected chi connectivity index (χ3v) is 6.67. The summed E-state index contributed by atoms with van der Waals surface area (Å²) in [6.07, 6.45) is 1.50. The second-order valence-corrected chi connectivity index (χ2v) is 8.69. The number of pyridine rings is 1. The number of benzene rings is 1. The van der Waals surface area contributed by atoms with Gasteiger partial charge < -0.3 is 15.5 Å². The van der Waals surface area contributed by atoms with E-state index in [1.807, 2.05) is 13.8 Å². The SMILES string of the molecule is CCN(CC)c1ccc(C(=O)Nc2cccc(S(=O)(=O)N3CCNC(=O)C3)c2)cn1. The first-order valence-electron chi connectivity index (χ1n) is 9.74. The van der Waals surface area contributed by atoms with Gasteiger partial charge in [0.05, 0.1) is 17.0 Å². The third-order valence-electron chi connectivity index (χ3n) is 4.83. The normalized spacial score (nSPS) is 14.8. The van der Waals surface area contributed by atoms with Gasteiger partial charge in [-0.15, -0.1) is 0 Å². The van der Waals surface area contributed by atoms with Crippen LogP contribution in [0.2, 0.25) is 0 Å². The van der Waals surface area contributed by atoms with Crippen molar-refractivity contribution in [2.45, 2.75) is 18.7 Å². The lowest BCUT2D eigenvalue weighted by atomic mass is 10.2. The molecule has 0 aliphatic carbocycles. The Morgan fingerprint density at radius 3 is 2.63 bits per heavy atom. The monoisotopic (exact) mass is 431 g/mol. The van der Waals surface area contributed by atoms with Gasteiger partial charge in [-0.05, 0) is 44.2 Å². The van der Waals surface area contributed by atoms with Gasteiger partial charge in [0, 0.05) is 38.1 Å². The number of anilines is 2. The summed E-state index contributed by atoms with van der Waals surface area (Å²) in [7, 11) is -3.84. The number of hydrogen-bond donors (Lipinski definition) is 2. The van der Waals surface area contributed by atoms with Gasteiger partial charge in [0.15, 0.2) is 0 Å². The van der Waals surface area contributed by atoms with Crippen LogP contribution in [0, 0.1) is 0 Å². The molecule has 2 heterocycles. The average molecular weight is 432 g/mol. The Morgan fingerprint density at radius 2 is 2.00 bits per heavy atom. The van der Waals surface area contributed by atoms with Crippen LogP contribution in [-0.2, 0) is 14.8 Å². The van der Waals surface area contributed by atoms with E-state index in [1.165, 1.54) is 18.3 Å². The van der Waals surface area contributed by atoms with Crippen LogP contribution in [0.3, 0.4) is 0 Å².